The molecule has 166 valence electrons. The SMILES string of the molecule is Cc1cc(OCC(=O)Nc2cccc(NC(=O)c3ccc(C(C)(C)C)cc3)c2)ccc1Br. The molecule has 0 aromatic heterocycles. The van der Waals surface area contributed by atoms with Crippen LogP contribution in [0, 0.1) is 6.92 Å². The van der Waals surface area contributed by atoms with E-state index in [1.165, 1.54) is 5.56 Å². The Kier molecular flexibility index (Phi) is 7.36. The lowest BCUT2D eigenvalue weighted by molar-refractivity contribution is -0.118. The van der Waals surface area contributed by atoms with Gasteiger partial charge in [0, 0.05) is 21.4 Å². The summed E-state index contributed by atoms with van der Waals surface area (Å²) in [5.74, 6) is 0.133. The highest BCUT2D eigenvalue weighted by Crippen LogP contribution is 2.23. The van der Waals surface area contributed by atoms with Gasteiger partial charge in [0.05, 0.1) is 0 Å². The number of rotatable bonds is 6. The Balaban J connectivity index is 1.58. The molecule has 0 aliphatic carbocycles. The van der Waals surface area contributed by atoms with Crippen LogP contribution in [0.3, 0.4) is 0 Å². The van der Waals surface area contributed by atoms with Crippen LogP contribution >= 0.6 is 15.9 Å². The number of halogens is 1. The van der Waals surface area contributed by atoms with E-state index in [4.69, 9.17) is 4.74 Å². The van der Waals surface area contributed by atoms with Crippen molar-refractivity contribution in [3.8, 4) is 5.75 Å². The maximum Gasteiger partial charge on any atom is 0.262 e. The lowest BCUT2D eigenvalue weighted by atomic mass is 9.87. The summed E-state index contributed by atoms with van der Waals surface area (Å²) in [6.07, 6.45) is 0. The average molecular weight is 495 g/mol. The molecule has 2 amide bonds. The molecule has 0 radical (unpaired) electrons. The first kappa shape index (κ1) is 23.5. The van der Waals surface area contributed by atoms with Gasteiger partial charge in [0.1, 0.15) is 5.75 Å². The van der Waals surface area contributed by atoms with Gasteiger partial charge in [0.2, 0.25) is 0 Å². The maximum atomic E-state index is 12.6. The first-order chi connectivity index (χ1) is 15.1. The van der Waals surface area contributed by atoms with Crippen LogP contribution in [0.25, 0.3) is 0 Å². The number of carbonyl (C=O) groups is 2. The third-order valence-corrected chi connectivity index (χ3v) is 5.81. The number of carbonyl (C=O) groups excluding carboxylic acids is 2. The standard InChI is InChI=1S/C26H27BrN2O3/c1-17-14-22(12-13-23(17)27)32-16-24(30)28-20-6-5-7-21(15-20)29-25(31)18-8-10-19(11-9-18)26(2,3)4/h5-15H,16H2,1-4H3,(H,28,30)(H,29,31). The van der Waals surface area contributed by atoms with Crippen LogP contribution in [-0.4, -0.2) is 18.4 Å². The van der Waals surface area contributed by atoms with Gasteiger partial charge in [-0.2, -0.15) is 0 Å². The second kappa shape index (κ2) is 10.0. The van der Waals surface area contributed by atoms with Gasteiger partial charge in [0.25, 0.3) is 11.8 Å². The molecule has 0 saturated heterocycles. The summed E-state index contributed by atoms with van der Waals surface area (Å²) in [7, 11) is 0. The third kappa shape index (κ3) is 6.44. The Morgan fingerprint density at radius 2 is 1.56 bits per heavy atom. The van der Waals surface area contributed by atoms with Crippen molar-refractivity contribution in [2.24, 2.45) is 0 Å². The number of hydrogen-bond donors (Lipinski definition) is 2. The Labute approximate surface area is 197 Å². The quantitative estimate of drug-likeness (QED) is 0.420. The molecule has 2 N–H and O–H groups in total. The monoisotopic (exact) mass is 494 g/mol. The first-order valence-corrected chi connectivity index (χ1v) is 11.1. The van der Waals surface area contributed by atoms with Crippen LogP contribution in [0.4, 0.5) is 11.4 Å². The van der Waals surface area contributed by atoms with E-state index >= 15 is 0 Å². The Morgan fingerprint density at radius 1 is 0.906 bits per heavy atom. The zero-order valence-electron chi connectivity index (χ0n) is 18.7. The third-order valence-electron chi connectivity index (χ3n) is 4.92. The number of nitrogens with one attached hydrogen (secondary N) is 2. The van der Waals surface area contributed by atoms with Crippen LogP contribution in [0.1, 0.15) is 42.3 Å². The van der Waals surface area contributed by atoms with E-state index in [2.05, 4.69) is 47.3 Å². The molecule has 0 fully saturated rings. The molecule has 0 aliphatic heterocycles. The molecule has 0 unspecified atom stereocenters. The summed E-state index contributed by atoms with van der Waals surface area (Å²) < 4.78 is 6.54. The average Bonchev–Trinajstić information content (AvgIpc) is 2.74. The van der Waals surface area contributed by atoms with E-state index in [-0.39, 0.29) is 23.8 Å². The highest BCUT2D eigenvalue weighted by atomic mass is 79.9. The van der Waals surface area contributed by atoms with Gasteiger partial charge in [-0.3, -0.25) is 9.59 Å². The van der Waals surface area contributed by atoms with Crippen LogP contribution in [0.5, 0.6) is 5.75 Å². The van der Waals surface area contributed by atoms with Crippen molar-refractivity contribution in [3.05, 3.63) is 87.9 Å². The number of benzene rings is 3. The van der Waals surface area contributed by atoms with Crippen molar-refractivity contribution < 1.29 is 14.3 Å². The molecule has 6 heteroatoms. The Morgan fingerprint density at radius 3 is 2.19 bits per heavy atom. The fourth-order valence-electron chi connectivity index (χ4n) is 3.05. The van der Waals surface area contributed by atoms with Gasteiger partial charge >= 0.3 is 0 Å². The van der Waals surface area contributed by atoms with Gasteiger partial charge < -0.3 is 15.4 Å². The van der Waals surface area contributed by atoms with Crippen molar-refractivity contribution in [2.75, 3.05) is 17.2 Å². The molecule has 3 rings (SSSR count). The van der Waals surface area contributed by atoms with Gasteiger partial charge in [0.15, 0.2) is 6.61 Å². The summed E-state index contributed by atoms with van der Waals surface area (Å²) in [5.41, 5.74) is 3.97. The second-order valence-electron chi connectivity index (χ2n) is 8.61. The van der Waals surface area contributed by atoms with Gasteiger partial charge in [-0.15, -0.1) is 0 Å². The molecule has 0 heterocycles. The molecule has 0 bridgehead atoms. The van der Waals surface area contributed by atoms with Gasteiger partial charge in [-0.25, -0.2) is 0 Å². The lowest BCUT2D eigenvalue weighted by Crippen LogP contribution is -2.20. The van der Waals surface area contributed by atoms with Gasteiger partial charge in [-0.1, -0.05) is 54.9 Å². The van der Waals surface area contributed by atoms with Crippen LogP contribution in [-0.2, 0) is 10.2 Å². The maximum absolute atomic E-state index is 12.6. The molecular weight excluding hydrogens is 468 g/mol. The highest BCUT2D eigenvalue weighted by molar-refractivity contribution is 9.10. The van der Waals surface area contributed by atoms with Gasteiger partial charge in [-0.05, 0) is 72.0 Å². The van der Waals surface area contributed by atoms with E-state index in [0.717, 1.165) is 10.0 Å². The fourth-order valence-corrected chi connectivity index (χ4v) is 3.30. The molecule has 32 heavy (non-hydrogen) atoms. The van der Waals surface area contributed by atoms with E-state index < -0.39 is 0 Å². The zero-order chi connectivity index (χ0) is 23.3. The minimum Gasteiger partial charge on any atom is -0.484 e. The van der Waals surface area contributed by atoms with Crippen molar-refractivity contribution in [2.45, 2.75) is 33.1 Å². The minimum absolute atomic E-state index is 0.0292. The largest absolute Gasteiger partial charge is 0.484 e. The molecule has 0 atom stereocenters. The van der Waals surface area contributed by atoms with Crippen LogP contribution in [0.15, 0.2) is 71.2 Å². The van der Waals surface area contributed by atoms with Crippen molar-refractivity contribution in [1.29, 1.82) is 0 Å². The van der Waals surface area contributed by atoms with Crippen LogP contribution in [0.2, 0.25) is 0 Å². The molecule has 0 spiro atoms. The summed E-state index contributed by atoms with van der Waals surface area (Å²) >= 11 is 3.44. The van der Waals surface area contributed by atoms with E-state index in [1.807, 2.05) is 43.3 Å². The molecule has 0 saturated carbocycles. The number of anilines is 2. The molecule has 0 aliphatic rings. The van der Waals surface area contributed by atoms with E-state index in [1.54, 1.807) is 30.3 Å². The summed E-state index contributed by atoms with van der Waals surface area (Å²) in [4.78, 5) is 24.9. The smallest absolute Gasteiger partial charge is 0.262 e. The highest BCUT2D eigenvalue weighted by Gasteiger charge is 2.14. The molecule has 5 nitrogen and oxygen atoms in total. The number of amides is 2. The molecule has 3 aromatic carbocycles. The van der Waals surface area contributed by atoms with Crippen LogP contribution < -0.4 is 15.4 Å². The molecule has 3 aromatic rings. The zero-order valence-corrected chi connectivity index (χ0v) is 20.2. The topological polar surface area (TPSA) is 67.4 Å². The normalized spacial score (nSPS) is 11.0. The second-order valence-corrected chi connectivity index (χ2v) is 9.46. The predicted octanol–water partition coefficient (Wildman–Crippen LogP) is 6.32. The minimum atomic E-state index is -0.285. The predicted molar refractivity (Wildman–Crippen MR) is 133 cm³/mol. The number of hydrogen-bond acceptors (Lipinski definition) is 3. The Hall–Kier alpha value is -3.12. The van der Waals surface area contributed by atoms with E-state index in [9.17, 15) is 9.59 Å². The number of ether oxygens (including phenoxy) is 1. The van der Waals surface area contributed by atoms with E-state index in [0.29, 0.717) is 22.7 Å². The first-order valence-electron chi connectivity index (χ1n) is 10.3. The Bertz CT molecular complexity index is 1120. The number of aryl methyl sites for hydroxylation is 1. The summed E-state index contributed by atoms with van der Waals surface area (Å²) in [5, 5.41) is 5.66. The lowest BCUT2D eigenvalue weighted by Gasteiger charge is -2.19. The van der Waals surface area contributed by atoms with Crippen molar-refractivity contribution >= 4 is 39.1 Å². The summed E-state index contributed by atoms with van der Waals surface area (Å²) in [6.45, 7) is 8.24. The fraction of sp³-hybridized carbons (Fsp3) is 0.231. The van der Waals surface area contributed by atoms with Crippen molar-refractivity contribution in [1.82, 2.24) is 0 Å². The van der Waals surface area contributed by atoms with Crippen molar-refractivity contribution in [3.63, 3.8) is 0 Å². The molecular formula is C26H27BrN2O3. The summed E-state index contributed by atoms with van der Waals surface area (Å²) in [6, 6.07) is 20.1.